The molecule has 0 unspecified atom stereocenters. The molecule has 0 heteroatoms. The van der Waals surface area contributed by atoms with E-state index in [-0.39, 0.29) is 27.1 Å². The Morgan fingerprint density at radius 1 is 0.163 bits per heavy atom. The Morgan fingerprint density at radius 2 is 0.481 bits per heavy atom. The lowest BCUT2D eigenvalue weighted by Crippen LogP contribution is -2.17. The summed E-state index contributed by atoms with van der Waals surface area (Å²) >= 11 is 0. The molecule has 16 aromatic carbocycles. The van der Waals surface area contributed by atoms with Crippen molar-refractivity contribution in [3.8, 4) is 77.9 Å². The largest absolute Gasteiger partial charge is 0.0622 e. The summed E-state index contributed by atoms with van der Waals surface area (Å²) < 4.78 is 0. The molecular formula is C104H90. The van der Waals surface area contributed by atoms with Gasteiger partial charge in [0.25, 0.3) is 0 Å². The zero-order valence-corrected chi connectivity index (χ0v) is 63.0. The van der Waals surface area contributed by atoms with Crippen molar-refractivity contribution in [1.82, 2.24) is 0 Å². The number of benzene rings is 16. The van der Waals surface area contributed by atoms with Gasteiger partial charge in [0.15, 0.2) is 0 Å². The quantitative estimate of drug-likeness (QED) is 0.140. The lowest BCUT2D eigenvalue weighted by atomic mass is 9.76. The summed E-state index contributed by atoms with van der Waals surface area (Å²) in [5.41, 5.74) is 23.4. The highest BCUT2D eigenvalue weighted by Gasteiger charge is 2.32. The van der Waals surface area contributed by atoms with E-state index in [0.717, 1.165) is 0 Å². The summed E-state index contributed by atoms with van der Waals surface area (Å²) in [5.74, 6) is 0. The molecule has 0 aliphatic heterocycles. The summed E-state index contributed by atoms with van der Waals surface area (Å²) in [4.78, 5) is 0. The van der Waals surface area contributed by atoms with E-state index in [0.29, 0.717) is 0 Å². The van der Waals surface area contributed by atoms with Gasteiger partial charge < -0.3 is 0 Å². The van der Waals surface area contributed by atoms with Crippen LogP contribution < -0.4 is 0 Å². The molecule has 506 valence electrons. The second-order valence-electron chi connectivity index (χ2n) is 35.2. The first-order chi connectivity index (χ1) is 49.8. The van der Waals surface area contributed by atoms with Crippen molar-refractivity contribution in [1.29, 1.82) is 0 Å². The third kappa shape index (κ3) is 10.4. The molecule has 0 saturated heterocycles. The monoisotopic (exact) mass is 1340 g/mol. The first-order valence-corrected chi connectivity index (χ1v) is 37.6. The molecule has 16 aromatic rings. The summed E-state index contributed by atoms with van der Waals surface area (Å²) in [6.45, 7) is 35.8. The molecule has 0 bridgehead atoms. The number of hydrogen-bond acceptors (Lipinski definition) is 0. The minimum absolute atomic E-state index is 0.114. The number of hydrogen-bond donors (Lipinski definition) is 0. The molecule has 18 rings (SSSR count). The van der Waals surface area contributed by atoms with E-state index in [4.69, 9.17) is 0 Å². The van der Waals surface area contributed by atoms with Gasteiger partial charge in [0.05, 0.1) is 0 Å². The van der Waals surface area contributed by atoms with Crippen molar-refractivity contribution in [2.24, 2.45) is 0 Å². The van der Waals surface area contributed by atoms with Crippen LogP contribution in [0.4, 0.5) is 0 Å². The van der Waals surface area contributed by atoms with Crippen LogP contribution in [0.5, 0.6) is 0 Å². The van der Waals surface area contributed by atoms with Gasteiger partial charge in [-0.25, -0.2) is 0 Å². The summed E-state index contributed by atoms with van der Waals surface area (Å²) in [6.07, 6.45) is 0. The molecular weight excluding hydrogens is 1250 g/mol. The second-order valence-corrected chi connectivity index (χ2v) is 35.2. The molecule has 104 heavy (non-hydrogen) atoms. The Hall–Kier alpha value is -10.9. The highest BCUT2D eigenvalue weighted by atomic mass is 14.4. The van der Waals surface area contributed by atoms with Crippen LogP contribution in [-0.2, 0) is 27.1 Å². The van der Waals surface area contributed by atoms with Gasteiger partial charge in [-0.15, -0.1) is 0 Å². The van der Waals surface area contributed by atoms with Gasteiger partial charge in [-0.3, -0.25) is 0 Å². The van der Waals surface area contributed by atoms with Crippen molar-refractivity contribution < 1.29 is 0 Å². The lowest BCUT2D eigenvalue weighted by molar-refractivity contribution is 0.568. The van der Waals surface area contributed by atoms with Crippen LogP contribution in [0.25, 0.3) is 143 Å². The fraction of sp³-hybridized carbons (Fsp3) is 0.192. The third-order valence-corrected chi connectivity index (χ3v) is 23.2. The van der Waals surface area contributed by atoms with Crippen LogP contribution in [-0.4, -0.2) is 0 Å². The van der Waals surface area contributed by atoms with Gasteiger partial charge in [-0.2, -0.15) is 0 Å². The molecule has 2 aliphatic carbocycles. The van der Waals surface area contributed by atoms with Gasteiger partial charge in [0.2, 0.25) is 0 Å². The van der Waals surface area contributed by atoms with Crippen LogP contribution in [0.2, 0.25) is 0 Å². The Kier molecular flexibility index (Phi) is 14.6. The second kappa shape index (κ2) is 23.3. The molecule has 0 atom stereocenters. The molecule has 0 fully saturated rings. The van der Waals surface area contributed by atoms with E-state index >= 15 is 0 Å². The molecule has 0 heterocycles. The van der Waals surface area contributed by atoms with E-state index < -0.39 is 0 Å². The van der Waals surface area contributed by atoms with E-state index in [1.165, 1.54) is 212 Å². The van der Waals surface area contributed by atoms with Gasteiger partial charge in [-0.05, 0) is 263 Å². The van der Waals surface area contributed by atoms with Crippen molar-refractivity contribution in [2.45, 2.75) is 131 Å². The van der Waals surface area contributed by atoms with Crippen molar-refractivity contribution >= 4 is 64.6 Å². The van der Waals surface area contributed by atoms with Gasteiger partial charge in [-0.1, -0.05) is 353 Å². The van der Waals surface area contributed by atoms with Crippen LogP contribution in [0.3, 0.4) is 0 Å². The zero-order chi connectivity index (χ0) is 71.8. The van der Waals surface area contributed by atoms with E-state index in [9.17, 15) is 0 Å². The molecule has 0 saturated carbocycles. The van der Waals surface area contributed by atoms with Crippen molar-refractivity contribution in [2.75, 3.05) is 0 Å². The Bertz CT molecular complexity index is 6730. The molecule has 0 spiro atoms. The Balaban J connectivity index is 1.16. The Morgan fingerprint density at radius 3 is 0.885 bits per heavy atom. The maximum Gasteiger partial charge on any atom is -0.000115 e. The fourth-order valence-corrected chi connectivity index (χ4v) is 17.6. The maximum atomic E-state index is 2.60. The average Bonchev–Trinajstić information content (AvgIpc) is 1.47. The maximum absolute atomic E-state index is 2.60. The average molecular weight is 1340 g/mol. The standard InChI is InChI=1S/C104H90/c1-100(2,3)73-44-46-79-85(60-73)89(72-55-76(103(10,11)12)59-77(56-72)104(13,14)15)95-81-48-50-83-93-82(49-47-80(92(81)93)94(95)88(79)71-53-74(101(4,5)6)58-75(54-71)102(7,8)9)96-90(64-33-21-17-22-34-64)98-86(69-41-39-62-31-25-27-37-66(62)51-69)78-45-43-68(61-29-19-16-20-30-61)57-84(78)87(70-42-40-63-32-26-28-38-67(63)52-70)99(98)91(97(83)96)65-35-23-18-24-36-65/h16-60H,1-15H3. The predicted molar refractivity (Wildman–Crippen MR) is 447 cm³/mol. The van der Waals surface area contributed by atoms with Crippen LogP contribution in [0, 0.1) is 41.7 Å². The van der Waals surface area contributed by atoms with Gasteiger partial charge >= 0.3 is 0 Å². The molecule has 2 aliphatic rings. The minimum atomic E-state index is -0.119. The van der Waals surface area contributed by atoms with E-state index in [1.807, 2.05) is 0 Å². The van der Waals surface area contributed by atoms with Gasteiger partial charge in [0.1, 0.15) is 0 Å². The van der Waals surface area contributed by atoms with Crippen molar-refractivity contribution in [3.63, 3.8) is 0 Å². The predicted octanol–water partition coefficient (Wildman–Crippen LogP) is 28.5. The van der Waals surface area contributed by atoms with E-state index in [2.05, 4.69) is 377 Å². The zero-order valence-electron chi connectivity index (χ0n) is 63.0. The molecule has 0 radical (unpaired) electrons. The number of rotatable bonds is 7. The molecule has 0 N–H and O–H groups in total. The number of fused-ring (bicyclic) bond motifs is 7. The SMILES string of the molecule is CC(C)(C)c1cc(-c2c3c(c(-c4cc(C(C)(C)C)cc(C(C)(C)C)c4)c4cc(C(C)(C)C)ccc24)=c2ccc4c5c(ccc=3c25)=c2c(-c3ccccc3)c3c(-c5ccc6ccccc6c5)c5ccc(-c6ccccc6)cc5c(-c5ccc6ccccc6c5)c3c(-c3ccccc3)c2=4)cc(C(C)(C)C)c1. The topological polar surface area (TPSA) is 0 Å². The van der Waals surface area contributed by atoms with Crippen LogP contribution in [0.1, 0.15) is 132 Å². The summed E-state index contributed by atoms with van der Waals surface area (Å²) in [7, 11) is 0. The summed E-state index contributed by atoms with van der Waals surface area (Å²) in [5, 5.41) is 25.4. The van der Waals surface area contributed by atoms with Crippen LogP contribution in [0.15, 0.2) is 273 Å². The highest BCUT2D eigenvalue weighted by molar-refractivity contribution is 6.29. The molecule has 0 nitrogen and oxygen atoms in total. The lowest BCUT2D eigenvalue weighted by Gasteiger charge is -2.28. The fourth-order valence-electron chi connectivity index (χ4n) is 17.6. The Labute approximate surface area is 612 Å². The third-order valence-electron chi connectivity index (χ3n) is 23.2. The van der Waals surface area contributed by atoms with E-state index in [1.54, 1.807) is 0 Å². The summed E-state index contributed by atoms with van der Waals surface area (Å²) in [6, 6.07) is 107. The van der Waals surface area contributed by atoms with Crippen molar-refractivity contribution in [3.05, 3.63) is 343 Å². The van der Waals surface area contributed by atoms with Gasteiger partial charge in [0, 0.05) is 0 Å². The van der Waals surface area contributed by atoms with Crippen LogP contribution >= 0.6 is 0 Å². The first-order valence-electron chi connectivity index (χ1n) is 37.6. The highest BCUT2D eigenvalue weighted by Crippen LogP contribution is 2.55. The molecule has 0 amide bonds. The molecule has 0 aromatic heterocycles. The normalized spacial score (nSPS) is 13.0. The smallest absolute Gasteiger partial charge is 0.000115 e. The first kappa shape index (κ1) is 65.1. The minimum Gasteiger partial charge on any atom is -0.0622 e.